The molecule has 1 fully saturated rings. The first-order chi connectivity index (χ1) is 9.22. The van der Waals surface area contributed by atoms with Crippen molar-refractivity contribution in [1.82, 2.24) is 10.6 Å². The minimum Gasteiger partial charge on any atom is -0.493 e. The maximum Gasteiger partial charge on any atom is 0.243 e. The van der Waals surface area contributed by atoms with Gasteiger partial charge in [-0.3, -0.25) is 14.9 Å². The molecule has 0 radical (unpaired) electrons. The highest BCUT2D eigenvalue weighted by atomic mass is 16.5. The van der Waals surface area contributed by atoms with E-state index in [1.165, 1.54) is 5.56 Å². The number of benzene rings is 1. The SMILES string of the molecule is O=C1CCC(NCc2ccc3c(c2)CCO3)C(=O)N1. The van der Waals surface area contributed by atoms with E-state index in [4.69, 9.17) is 4.74 Å². The van der Waals surface area contributed by atoms with Crippen LogP contribution in [0.15, 0.2) is 18.2 Å². The van der Waals surface area contributed by atoms with Crippen molar-refractivity contribution in [3.63, 3.8) is 0 Å². The van der Waals surface area contributed by atoms with Crippen LogP contribution in [0.3, 0.4) is 0 Å². The zero-order valence-corrected chi connectivity index (χ0v) is 10.6. The summed E-state index contributed by atoms with van der Waals surface area (Å²) in [5.74, 6) is 0.559. The summed E-state index contributed by atoms with van der Waals surface area (Å²) < 4.78 is 5.45. The second-order valence-corrected chi connectivity index (χ2v) is 4.93. The van der Waals surface area contributed by atoms with Crippen molar-refractivity contribution in [3.05, 3.63) is 29.3 Å². The van der Waals surface area contributed by atoms with Gasteiger partial charge in [0.15, 0.2) is 0 Å². The third-order valence-corrected chi connectivity index (χ3v) is 3.55. The average Bonchev–Trinajstić information content (AvgIpc) is 2.85. The van der Waals surface area contributed by atoms with Crippen LogP contribution >= 0.6 is 0 Å². The fourth-order valence-electron chi connectivity index (χ4n) is 2.48. The Morgan fingerprint density at radius 1 is 1.32 bits per heavy atom. The number of rotatable bonds is 3. The van der Waals surface area contributed by atoms with Gasteiger partial charge in [-0.05, 0) is 23.6 Å². The molecule has 0 aliphatic carbocycles. The summed E-state index contributed by atoms with van der Waals surface area (Å²) in [7, 11) is 0. The van der Waals surface area contributed by atoms with Crippen molar-refractivity contribution in [3.8, 4) is 5.75 Å². The highest BCUT2D eigenvalue weighted by molar-refractivity contribution is 6.00. The van der Waals surface area contributed by atoms with Gasteiger partial charge >= 0.3 is 0 Å². The van der Waals surface area contributed by atoms with Crippen LogP contribution in [0.2, 0.25) is 0 Å². The molecule has 0 bridgehead atoms. The summed E-state index contributed by atoms with van der Waals surface area (Å²) in [6.45, 7) is 1.37. The van der Waals surface area contributed by atoms with E-state index in [1.807, 2.05) is 12.1 Å². The van der Waals surface area contributed by atoms with Gasteiger partial charge in [-0.1, -0.05) is 12.1 Å². The maximum absolute atomic E-state index is 11.6. The monoisotopic (exact) mass is 260 g/mol. The van der Waals surface area contributed by atoms with Crippen molar-refractivity contribution >= 4 is 11.8 Å². The Balaban J connectivity index is 1.60. The molecule has 2 heterocycles. The predicted octanol–water partition coefficient (Wildman–Crippen LogP) is 0.516. The number of carbonyl (C=O) groups excluding carboxylic acids is 2. The van der Waals surface area contributed by atoms with Gasteiger partial charge in [-0.2, -0.15) is 0 Å². The van der Waals surface area contributed by atoms with Gasteiger partial charge in [-0.15, -0.1) is 0 Å². The Morgan fingerprint density at radius 3 is 3.05 bits per heavy atom. The molecule has 0 aromatic heterocycles. The number of imide groups is 1. The zero-order chi connectivity index (χ0) is 13.2. The number of piperidine rings is 1. The lowest BCUT2D eigenvalue weighted by molar-refractivity contribution is -0.134. The number of carbonyl (C=O) groups is 2. The van der Waals surface area contributed by atoms with Gasteiger partial charge in [0, 0.05) is 19.4 Å². The van der Waals surface area contributed by atoms with E-state index < -0.39 is 0 Å². The number of fused-ring (bicyclic) bond motifs is 1. The van der Waals surface area contributed by atoms with Gasteiger partial charge in [0.1, 0.15) is 5.75 Å². The van der Waals surface area contributed by atoms with Crippen LogP contribution in [0.1, 0.15) is 24.0 Å². The highest BCUT2D eigenvalue weighted by Crippen LogP contribution is 2.25. The molecular weight excluding hydrogens is 244 g/mol. The Hall–Kier alpha value is -1.88. The van der Waals surface area contributed by atoms with E-state index >= 15 is 0 Å². The maximum atomic E-state index is 11.6. The van der Waals surface area contributed by atoms with Gasteiger partial charge in [0.25, 0.3) is 0 Å². The lowest BCUT2D eigenvalue weighted by Gasteiger charge is -2.22. The second-order valence-electron chi connectivity index (χ2n) is 4.93. The van der Waals surface area contributed by atoms with E-state index in [2.05, 4.69) is 16.7 Å². The van der Waals surface area contributed by atoms with Crippen molar-refractivity contribution < 1.29 is 14.3 Å². The number of hydrogen-bond donors (Lipinski definition) is 2. The van der Waals surface area contributed by atoms with Crippen LogP contribution in [0.25, 0.3) is 0 Å². The van der Waals surface area contributed by atoms with Crippen molar-refractivity contribution in [2.45, 2.75) is 31.8 Å². The molecule has 0 spiro atoms. The van der Waals surface area contributed by atoms with Crippen molar-refractivity contribution in [2.75, 3.05) is 6.61 Å². The Kier molecular flexibility index (Phi) is 3.21. The smallest absolute Gasteiger partial charge is 0.243 e. The topological polar surface area (TPSA) is 67.4 Å². The first kappa shape index (κ1) is 12.2. The molecule has 0 saturated carbocycles. The summed E-state index contributed by atoms with van der Waals surface area (Å²) in [4.78, 5) is 22.6. The minimum atomic E-state index is -0.276. The molecule has 5 heteroatoms. The molecule has 1 unspecified atom stereocenters. The first-order valence-electron chi connectivity index (χ1n) is 6.54. The summed E-state index contributed by atoms with van der Waals surface area (Å²) >= 11 is 0. The minimum absolute atomic E-state index is 0.183. The van der Waals surface area contributed by atoms with Crippen LogP contribution in [0.5, 0.6) is 5.75 Å². The van der Waals surface area contributed by atoms with Crippen molar-refractivity contribution in [2.24, 2.45) is 0 Å². The van der Waals surface area contributed by atoms with Gasteiger partial charge in [0.2, 0.25) is 11.8 Å². The van der Waals surface area contributed by atoms with E-state index in [0.29, 0.717) is 19.4 Å². The van der Waals surface area contributed by atoms with E-state index in [0.717, 1.165) is 24.3 Å². The summed E-state index contributed by atoms with van der Waals surface area (Å²) in [5, 5.41) is 5.54. The zero-order valence-electron chi connectivity index (χ0n) is 10.6. The molecule has 19 heavy (non-hydrogen) atoms. The lowest BCUT2D eigenvalue weighted by Crippen LogP contribution is -2.50. The average molecular weight is 260 g/mol. The quantitative estimate of drug-likeness (QED) is 0.777. The van der Waals surface area contributed by atoms with Crippen LogP contribution < -0.4 is 15.4 Å². The predicted molar refractivity (Wildman–Crippen MR) is 68.7 cm³/mol. The third-order valence-electron chi connectivity index (χ3n) is 3.55. The van der Waals surface area contributed by atoms with E-state index in [1.54, 1.807) is 0 Å². The molecule has 1 atom stereocenters. The summed E-state index contributed by atoms with van der Waals surface area (Å²) in [6, 6.07) is 5.82. The molecule has 2 N–H and O–H groups in total. The third kappa shape index (κ3) is 2.61. The Morgan fingerprint density at radius 2 is 2.21 bits per heavy atom. The second kappa shape index (κ2) is 5.01. The van der Waals surface area contributed by atoms with Gasteiger partial charge < -0.3 is 10.1 Å². The van der Waals surface area contributed by atoms with Crippen LogP contribution in [0, 0.1) is 0 Å². The molecule has 1 saturated heterocycles. The summed E-state index contributed by atoms with van der Waals surface area (Å²) in [5.41, 5.74) is 2.36. The molecule has 2 amide bonds. The molecule has 3 rings (SSSR count). The van der Waals surface area contributed by atoms with E-state index in [-0.39, 0.29) is 17.9 Å². The number of ether oxygens (including phenoxy) is 1. The molecule has 2 aliphatic heterocycles. The Bertz CT molecular complexity index is 527. The van der Waals surface area contributed by atoms with Crippen LogP contribution in [-0.4, -0.2) is 24.5 Å². The molecule has 100 valence electrons. The Labute approximate surface area is 111 Å². The number of hydrogen-bond acceptors (Lipinski definition) is 4. The molecular formula is C14H16N2O3. The molecule has 1 aromatic rings. The normalized spacial score (nSPS) is 21.8. The summed E-state index contributed by atoms with van der Waals surface area (Å²) in [6.07, 6.45) is 1.92. The fourth-order valence-corrected chi connectivity index (χ4v) is 2.48. The lowest BCUT2D eigenvalue weighted by atomic mass is 10.0. The van der Waals surface area contributed by atoms with Gasteiger partial charge in [0.05, 0.1) is 12.6 Å². The van der Waals surface area contributed by atoms with Crippen LogP contribution in [0.4, 0.5) is 0 Å². The highest BCUT2D eigenvalue weighted by Gasteiger charge is 2.25. The van der Waals surface area contributed by atoms with Crippen molar-refractivity contribution in [1.29, 1.82) is 0 Å². The van der Waals surface area contributed by atoms with Crippen LogP contribution in [-0.2, 0) is 22.6 Å². The molecule has 1 aromatic carbocycles. The number of nitrogens with one attached hydrogen (secondary N) is 2. The number of amides is 2. The van der Waals surface area contributed by atoms with E-state index in [9.17, 15) is 9.59 Å². The standard InChI is InChI=1S/C14H16N2O3/c17-13-4-2-11(14(18)16-13)15-8-9-1-3-12-10(7-9)5-6-19-12/h1,3,7,11,15H,2,4-6,8H2,(H,16,17,18). The molecule has 2 aliphatic rings. The molecule has 5 nitrogen and oxygen atoms in total. The van der Waals surface area contributed by atoms with Gasteiger partial charge in [-0.25, -0.2) is 0 Å². The first-order valence-corrected chi connectivity index (χ1v) is 6.54. The fraction of sp³-hybridized carbons (Fsp3) is 0.429. The largest absolute Gasteiger partial charge is 0.493 e.